The molecule has 0 atom stereocenters. The molecule has 4 rings (SSSR count). The van der Waals surface area contributed by atoms with Gasteiger partial charge in [0.2, 0.25) is 5.91 Å². The van der Waals surface area contributed by atoms with Gasteiger partial charge in [0, 0.05) is 25.1 Å². The average molecular weight is 367 g/mol. The van der Waals surface area contributed by atoms with Crippen LogP contribution in [0.5, 0.6) is 0 Å². The van der Waals surface area contributed by atoms with Gasteiger partial charge in [-0.15, -0.1) is 0 Å². The lowest BCUT2D eigenvalue weighted by Gasteiger charge is -2.39. The second-order valence-electron chi connectivity index (χ2n) is 8.49. The fourth-order valence-electron chi connectivity index (χ4n) is 4.63. The number of carbonyl (C=O) groups excluding carboxylic acids is 1. The van der Waals surface area contributed by atoms with Crippen molar-refractivity contribution in [2.24, 2.45) is 5.41 Å². The second kappa shape index (κ2) is 7.12. The Hall–Kier alpha value is -2.14. The third-order valence-electron chi connectivity index (χ3n) is 6.34. The van der Waals surface area contributed by atoms with Gasteiger partial charge in [0.05, 0.1) is 12.2 Å². The molecule has 2 saturated heterocycles. The summed E-state index contributed by atoms with van der Waals surface area (Å²) in [6, 6.07) is 8.77. The summed E-state index contributed by atoms with van der Waals surface area (Å²) in [7, 11) is 0. The molecule has 1 aromatic carbocycles. The summed E-state index contributed by atoms with van der Waals surface area (Å²) < 4.78 is 5.26. The van der Waals surface area contributed by atoms with E-state index in [0.717, 1.165) is 56.0 Å². The van der Waals surface area contributed by atoms with Crippen LogP contribution in [0.3, 0.4) is 0 Å². The van der Waals surface area contributed by atoms with Crippen molar-refractivity contribution in [1.29, 1.82) is 0 Å². The molecule has 2 aromatic rings. The number of rotatable bonds is 4. The number of piperidine rings is 1. The van der Waals surface area contributed by atoms with Gasteiger partial charge in [-0.25, -0.2) is 0 Å². The van der Waals surface area contributed by atoms with Crippen LogP contribution < -0.4 is 0 Å². The summed E-state index contributed by atoms with van der Waals surface area (Å²) in [6.45, 7) is 10.7. The molecule has 0 bridgehead atoms. The van der Waals surface area contributed by atoms with E-state index in [2.05, 4.69) is 41.2 Å². The van der Waals surface area contributed by atoms with Crippen molar-refractivity contribution in [2.75, 3.05) is 19.6 Å². The highest BCUT2D eigenvalue weighted by Gasteiger charge is 2.45. The van der Waals surface area contributed by atoms with Crippen molar-refractivity contribution in [3.63, 3.8) is 0 Å². The van der Waals surface area contributed by atoms with Gasteiger partial charge in [0.1, 0.15) is 5.76 Å². The van der Waals surface area contributed by atoms with Crippen LogP contribution in [0.2, 0.25) is 0 Å². The molecule has 27 heavy (non-hydrogen) atoms. The molecule has 2 aliphatic rings. The second-order valence-corrected chi connectivity index (χ2v) is 8.49. The average Bonchev–Trinajstić information content (AvgIpc) is 3.11. The summed E-state index contributed by atoms with van der Waals surface area (Å²) in [5, 5.41) is 4.02. The van der Waals surface area contributed by atoms with Crippen molar-refractivity contribution in [3.05, 3.63) is 52.4 Å². The van der Waals surface area contributed by atoms with Gasteiger partial charge < -0.3 is 9.42 Å². The molecule has 0 radical (unpaired) electrons. The zero-order chi connectivity index (χ0) is 19.0. The third kappa shape index (κ3) is 3.79. The molecule has 1 aromatic heterocycles. The van der Waals surface area contributed by atoms with Crippen LogP contribution in [0.4, 0.5) is 0 Å². The van der Waals surface area contributed by atoms with Gasteiger partial charge in [0.25, 0.3) is 0 Å². The van der Waals surface area contributed by atoms with E-state index in [1.807, 2.05) is 18.7 Å². The third-order valence-corrected chi connectivity index (χ3v) is 6.34. The first kappa shape index (κ1) is 18.2. The number of aryl methyl sites for hydroxylation is 3. The van der Waals surface area contributed by atoms with Crippen molar-refractivity contribution in [2.45, 2.75) is 53.1 Å². The Kier molecular flexibility index (Phi) is 4.81. The first-order valence-electron chi connectivity index (χ1n) is 9.92. The maximum Gasteiger partial charge on any atom is 0.223 e. The van der Waals surface area contributed by atoms with Crippen molar-refractivity contribution in [1.82, 2.24) is 15.0 Å². The molecule has 0 saturated carbocycles. The summed E-state index contributed by atoms with van der Waals surface area (Å²) in [6.07, 6.45) is 2.89. The molecular formula is C22H29N3O2. The van der Waals surface area contributed by atoms with E-state index in [-0.39, 0.29) is 11.3 Å². The van der Waals surface area contributed by atoms with Gasteiger partial charge in [-0.3, -0.25) is 9.69 Å². The maximum atomic E-state index is 12.7. The highest BCUT2D eigenvalue weighted by Crippen LogP contribution is 2.42. The van der Waals surface area contributed by atoms with Crippen LogP contribution in [0.25, 0.3) is 0 Å². The van der Waals surface area contributed by atoms with E-state index in [1.165, 1.54) is 11.1 Å². The number of carbonyl (C=O) groups is 1. The number of amides is 1. The lowest BCUT2D eigenvalue weighted by molar-refractivity contribution is -0.128. The molecule has 144 valence electrons. The molecule has 1 amide bonds. The molecule has 5 heteroatoms. The van der Waals surface area contributed by atoms with Gasteiger partial charge in [-0.2, -0.15) is 0 Å². The summed E-state index contributed by atoms with van der Waals surface area (Å²) >= 11 is 0. The van der Waals surface area contributed by atoms with E-state index in [0.29, 0.717) is 13.0 Å². The molecule has 0 unspecified atom stereocenters. The fourth-order valence-corrected chi connectivity index (χ4v) is 4.63. The minimum atomic E-state index is 0.152. The molecule has 2 fully saturated rings. The predicted octanol–water partition coefficient (Wildman–Crippen LogP) is 3.61. The minimum absolute atomic E-state index is 0.152. The van der Waals surface area contributed by atoms with E-state index in [1.54, 1.807) is 0 Å². The molecule has 0 N–H and O–H groups in total. The van der Waals surface area contributed by atoms with Gasteiger partial charge in [-0.1, -0.05) is 35.0 Å². The van der Waals surface area contributed by atoms with Crippen LogP contribution in [-0.4, -0.2) is 40.5 Å². The smallest absolute Gasteiger partial charge is 0.223 e. The first-order valence-corrected chi connectivity index (χ1v) is 9.92. The van der Waals surface area contributed by atoms with E-state index >= 15 is 0 Å². The lowest BCUT2D eigenvalue weighted by Crippen LogP contribution is -2.41. The Bertz CT molecular complexity index is 814. The van der Waals surface area contributed by atoms with Crippen molar-refractivity contribution >= 4 is 5.91 Å². The number of hydrogen-bond acceptors (Lipinski definition) is 4. The highest BCUT2D eigenvalue weighted by atomic mass is 16.5. The molecule has 1 spiro atoms. The molecular weight excluding hydrogens is 338 g/mol. The topological polar surface area (TPSA) is 49.6 Å². The highest BCUT2D eigenvalue weighted by molar-refractivity contribution is 5.79. The molecule has 3 heterocycles. The Labute approximate surface area is 161 Å². The first-order chi connectivity index (χ1) is 12.9. The van der Waals surface area contributed by atoms with Crippen LogP contribution in [0.15, 0.2) is 28.8 Å². The summed E-state index contributed by atoms with van der Waals surface area (Å²) in [4.78, 5) is 17.2. The lowest BCUT2D eigenvalue weighted by atomic mass is 9.77. The summed E-state index contributed by atoms with van der Waals surface area (Å²) in [5.41, 5.74) is 4.82. The SMILES string of the molecule is Cc1cccc(CN2CCC3(CC2)CC(=O)N(Cc2c(C)noc2C)C3)c1. The number of aromatic nitrogens is 1. The number of likely N-dealkylation sites (tertiary alicyclic amines) is 2. The minimum Gasteiger partial charge on any atom is -0.361 e. The Morgan fingerprint density at radius 3 is 2.59 bits per heavy atom. The summed E-state index contributed by atoms with van der Waals surface area (Å²) in [5.74, 6) is 1.11. The Balaban J connectivity index is 1.36. The number of hydrogen-bond donors (Lipinski definition) is 0. The predicted molar refractivity (Wildman–Crippen MR) is 104 cm³/mol. The Morgan fingerprint density at radius 1 is 1.15 bits per heavy atom. The Morgan fingerprint density at radius 2 is 1.93 bits per heavy atom. The van der Waals surface area contributed by atoms with E-state index < -0.39 is 0 Å². The maximum absolute atomic E-state index is 12.7. The normalized spacial score (nSPS) is 20.0. The van der Waals surface area contributed by atoms with E-state index in [4.69, 9.17) is 4.52 Å². The fraction of sp³-hybridized carbons (Fsp3) is 0.545. The standard InChI is InChI=1S/C22H29N3O2/c1-16-5-4-6-19(11-16)13-24-9-7-22(8-10-24)12-21(26)25(15-22)14-20-17(2)23-27-18(20)3/h4-6,11H,7-10,12-15H2,1-3H3. The zero-order valence-electron chi connectivity index (χ0n) is 16.6. The van der Waals surface area contributed by atoms with Crippen molar-refractivity contribution < 1.29 is 9.32 Å². The van der Waals surface area contributed by atoms with Crippen LogP contribution in [-0.2, 0) is 17.9 Å². The molecule has 2 aliphatic heterocycles. The van der Waals surface area contributed by atoms with Crippen LogP contribution in [0, 0.1) is 26.2 Å². The molecule has 5 nitrogen and oxygen atoms in total. The number of benzene rings is 1. The largest absolute Gasteiger partial charge is 0.361 e. The van der Waals surface area contributed by atoms with Crippen molar-refractivity contribution in [3.8, 4) is 0 Å². The van der Waals surface area contributed by atoms with Gasteiger partial charge >= 0.3 is 0 Å². The monoisotopic (exact) mass is 367 g/mol. The molecule has 0 aliphatic carbocycles. The number of nitrogens with zero attached hydrogens (tertiary/aromatic N) is 3. The van der Waals surface area contributed by atoms with Crippen LogP contribution in [0.1, 0.15) is 47.4 Å². The van der Waals surface area contributed by atoms with E-state index in [9.17, 15) is 4.79 Å². The quantitative estimate of drug-likeness (QED) is 0.828. The van der Waals surface area contributed by atoms with Gasteiger partial charge in [-0.05, 0) is 57.7 Å². The zero-order valence-corrected chi connectivity index (χ0v) is 16.6. The van der Waals surface area contributed by atoms with Crippen LogP contribution >= 0.6 is 0 Å². The van der Waals surface area contributed by atoms with Gasteiger partial charge in [0.15, 0.2) is 0 Å².